The lowest BCUT2D eigenvalue weighted by atomic mass is 9.88. The van der Waals surface area contributed by atoms with E-state index in [1.54, 1.807) is 7.11 Å². The van der Waals surface area contributed by atoms with Crippen molar-refractivity contribution in [3.8, 4) is 0 Å². The summed E-state index contributed by atoms with van der Waals surface area (Å²) in [5, 5.41) is 0. The third kappa shape index (κ3) is 0.600. The van der Waals surface area contributed by atoms with E-state index < -0.39 is 0 Å². The van der Waals surface area contributed by atoms with Crippen molar-refractivity contribution in [2.45, 2.75) is 25.0 Å². The number of hydrogen-bond acceptors (Lipinski definition) is 3. The second-order valence-corrected chi connectivity index (χ2v) is 4.10. The second-order valence-electron chi connectivity index (χ2n) is 4.10. The SMILES string of the molecule is COC1C2CC3C(=O)OC1C3C2. The maximum absolute atomic E-state index is 11.3. The molecule has 0 amide bonds. The van der Waals surface area contributed by atoms with E-state index in [2.05, 4.69) is 0 Å². The van der Waals surface area contributed by atoms with Crippen LogP contribution in [0.15, 0.2) is 0 Å². The highest BCUT2D eigenvalue weighted by Gasteiger charge is 2.61. The number of fused-ring (bicyclic) bond motifs is 1. The van der Waals surface area contributed by atoms with Crippen molar-refractivity contribution in [2.75, 3.05) is 7.11 Å². The standard InChI is InChI=1S/C9H12O3/c1-11-7-4-2-5-6(3-4)9(10)12-8(5)7/h4-8H,2-3H2,1H3. The van der Waals surface area contributed by atoms with Crippen LogP contribution < -0.4 is 0 Å². The Morgan fingerprint density at radius 2 is 2.33 bits per heavy atom. The van der Waals surface area contributed by atoms with Crippen LogP contribution in [-0.2, 0) is 14.3 Å². The van der Waals surface area contributed by atoms with Crippen LogP contribution in [0.2, 0.25) is 0 Å². The Labute approximate surface area is 71.0 Å². The van der Waals surface area contributed by atoms with Crippen molar-refractivity contribution < 1.29 is 14.3 Å². The fourth-order valence-corrected chi connectivity index (χ4v) is 3.23. The summed E-state index contributed by atoms with van der Waals surface area (Å²) in [6.07, 6.45) is 2.42. The predicted octanol–water partition coefficient (Wildman–Crippen LogP) is 0.583. The van der Waals surface area contributed by atoms with Crippen molar-refractivity contribution >= 4 is 5.97 Å². The molecule has 0 aromatic rings. The molecule has 0 spiro atoms. The van der Waals surface area contributed by atoms with E-state index in [1.807, 2.05) is 0 Å². The smallest absolute Gasteiger partial charge is 0.309 e. The fraction of sp³-hybridized carbons (Fsp3) is 0.889. The first-order valence-electron chi connectivity index (χ1n) is 4.54. The van der Waals surface area contributed by atoms with Gasteiger partial charge in [-0.2, -0.15) is 0 Å². The predicted molar refractivity (Wildman–Crippen MR) is 40.4 cm³/mol. The molecule has 2 saturated carbocycles. The molecule has 0 aromatic heterocycles. The van der Waals surface area contributed by atoms with Crippen molar-refractivity contribution in [2.24, 2.45) is 17.8 Å². The number of carbonyl (C=O) groups is 1. The molecule has 1 heterocycles. The van der Waals surface area contributed by atoms with Crippen LogP contribution in [0.1, 0.15) is 12.8 Å². The van der Waals surface area contributed by atoms with Crippen LogP contribution in [-0.4, -0.2) is 25.3 Å². The van der Waals surface area contributed by atoms with E-state index in [0.29, 0.717) is 11.8 Å². The Morgan fingerprint density at radius 1 is 1.50 bits per heavy atom. The van der Waals surface area contributed by atoms with Crippen LogP contribution in [0, 0.1) is 17.8 Å². The summed E-state index contributed by atoms with van der Waals surface area (Å²) in [4.78, 5) is 11.3. The first-order chi connectivity index (χ1) is 5.81. The average molecular weight is 168 g/mol. The molecule has 1 aliphatic heterocycles. The maximum atomic E-state index is 11.3. The van der Waals surface area contributed by atoms with Crippen LogP contribution in [0.5, 0.6) is 0 Å². The molecule has 1 saturated heterocycles. The summed E-state index contributed by atoms with van der Waals surface area (Å²) in [7, 11) is 1.71. The Bertz CT molecular complexity index is 238. The third-order valence-corrected chi connectivity index (χ3v) is 3.69. The first kappa shape index (κ1) is 6.89. The van der Waals surface area contributed by atoms with E-state index in [0.717, 1.165) is 12.8 Å². The van der Waals surface area contributed by atoms with Gasteiger partial charge in [-0.3, -0.25) is 4.79 Å². The molecule has 5 unspecified atom stereocenters. The van der Waals surface area contributed by atoms with Gasteiger partial charge in [0, 0.05) is 13.0 Å². The van der Waals surface area contributed by atoms with Gasteiger partial charge in [0.05, 0.1) is 12.0 Å². The first-order valence-corrected chi connectivity index (χ1v) is 4.54. The van der Waals surface area contributed by atoms with Gasteiger partial charge in [0.1, 0.15) is 6.10 Å². The van der Waals surface area contributed by atoms with E-state index in [1.165, 1.54) is 0 Å². The summed E-state index contributed by atoms with van der Waals surface area (Å²) >= 11 is 0. The average Bonchev–Trinajstić information content (AvgIpc) is 2.63. The molecule has 12 heavy (non-hydrogen) atoms. The molecule has 0 N–H and O–H groups in total. The maximum Gasteiger partial charge on any atom is 0.309 e. The molecule has 0 radical (unpaired) electrons. The molecule has 2 aliphatic carbocycles. The molecule has 3 aliphatic rings. The number of carbonyl (C=O) groups excluding carboxylic acids is 1. The lowest BCUT2D eigenvalue weighted by molar-refractivity contribution is -0.146. The van der Waals surface area contributed by atoms with Crippen molar-refractivity contribution in [3.63, 3.8) is 0 Å². The van der Waals surface area contributed by atoms with Gasteiger partial charge < -0.3 is 9.47 Å². The molecule has 66 valence electrons. The molecule has 0 aromatic carbocycles. The molecule has 5 atom stereocenters. The molecule has 3 rings (SSSR count). The topological polar surface area (TPSA) is 35.5 Å². The van der Waals surface area contributed by atoms with Gasteiger partial charge in [-0.1, -0.05) is 0 Å². The Hall–Kier alpha value is -0.570. The van der Waals surface area contributed by atoms with Gasteiger partial charge >= 0.3 is 5.97 Å². The summed E-state index contributed by atoms with van der Waals surface area (Å²) in [6.45, 7) is 0. The Balaban J connectivity index is 1.96. The number of hydrogen-bond donors (Lipinski definition) is 0. The summed E-state index contributed by atoms with van der Waals surface area (Å²) in [6, 6.07) is 0. The van der Waals surface area contributed by atoms with Gasteiger partial charge in [0.25, 0.3) is 0 Å². The molecule has 3 fully saturated rings. The molecule has 3 nitrogen and oxygen atoms in total. The highest BCUT2D eigenvalue weighted by atomic mass is 16.6. The number of methoxy groups -OCH3 is 1. The lowest BCUT2D eigenvalue weighted by Crippen LogP contribution is -2.33. The summed E-state index contributed by atoms with van der Waals surface area (Å²) in [5.41, 5.74) is 0. The van der Waals surface area contributed by atoms with Crippen molar-refractivity contribution in [1.82, 2.24) is 0 Å². The van der Waals surface area contributed by atoms with Gasteiger partial charge in [0.2, 0.25) is 0 Å². The zero-order valence-corrected chi connectivity index (χ0v) is 7.03. The van der Waals surface area contributed by atoms with Gasteiger partial charge in [0.15, 0.2) is 0 Å². The van der Waals surface area contributed by atoms with Crippen molar-refractivity contribution in [3.05, 3.63) is 0 Å². The van der Waals surface area contributed by atoms with E-state index in [4.69, 9.17) is 9.47 Å². The highest BCUT2D eigenvalue weighted by Crippen LogP contribution is 2.55. The van der Waals surface area contributed by atoms with Crippen LogP contribution in [0.3, 0.4) is 0 Å². The quantitative estimate of drug-likeness (QED) is 0.537. The third-order valence-electron chi connectivity index (χ3n) is 3.69. The van der Waals surface area contributed by atoms with E-state index >= 15 is 0 Å². The summed E-state index contributed by atoms with van der Waals surface area (Å²) in [5.74, 6) is 1.30. The normalized spacial score (nSPS) is 54.8. The lowest BCUT2D eigenvalue weighted by Gasteiger charge is -2.23. The zero-order valence-electron chi connectivity index (χ0n) is 7.03. The molecule has 2 bridgehead atoms. The van der Waals surface area contributed by atoms with Gasteiger partial charge in [-0.25, -0.2) is 0 Å². The molecular formula is C9H12O3. The van der Waals surface area contributed by atoms with E-state index in [9.17, 15) is 4.79 Å². The number of esters is 1. The fourth-order valence-electron chi connectivity index (χ4n) is 3.23. The zero-order chi connectivity index (χ0) is 8.29. The van der Waals surface area contributed by atoms with Gasteiger partial charge in [-0.05, 0) is 18.8 Å². The monoisotopic (exact) mass is 168 g/mol. The molecule has 3 heteroatoms. The highest BCUT2D eigenvalue weighted by molar-refractivity contribution is 5.76. The second kappa shape index (κ2) is 2.02. The number of ether oxygens (including phenoxy) is 2. The largest absolute Gasteiger partial charge is 0.459 e. The molecular weight excluding hydrogens is 156 g/mol. The van der Waals surface area contributed by atoms with Crippen LogP contribution in [0.25, 0.3) is 0 Å². The van der Waals surface area contributed by atoms with Crippen LogP contribution in [0.4, 0.5) is 0 Å². The van der Waals surface area contributed by atoms with Gasteiger partial charge in [-0.15, -0.1) is 0 Å². The minimum absolute atomic E-state index is 0.0204. The minimum atomic E-state index is 0.0204. The van der Waals surface area contributed by atoms with E-state index in [-0.39, 0.29) is 24.1 Å². The minimum Gasteiger partial charge on any atom is -0.459 e. The Kier molecular flexibility index (Phi) is 1.16. The Morgan fingerprint density at radius 3 is 3.08 bits per heavy atom. The summed E-state index contributed by atoms with van der Waals surface area (Å²) < 4.78 is 10.6. The van der Waals surface area contributed by atoms with Crippen LogP contribution >= 0.6 is 0 Å². The number of rotatable bonds is 1. The van der Waals surface area contributed by atoms with Crippen molar-refractivity contribution in [1.29, 1.82) is 0 Å².